The van der Waals surface area contributed by atoms with Crippen molar-refractivity contribution in [1.29, 1.82) is 0 Å². The van der Waals surface area contributed by atoms with E-state index in [1.54, 1.807) is 0 Å². The molecule has 1 rings (SSSR count). The maximum atomic E-state index is 4.50. The summed E-state index contributed by atoms with van der Waals surface area (Å²) in [6.07, 6.45) is 3.89. The van der Waals surface area contributed by atoms with Crippen molar-refractivity contribution < 1.29 is 4.74 Å². The smallest absolute Gasteiger partial charge is 0.0701 e. The first-order chi connectivity index (χ1) is 5.83. The van der Waals surface area contributed by atoms with Crippen LogP contribution in [-0.2, 0) is 4.74 Å². The molecule has 0 aromatic carbocycles. The summed E-state index contributed by atoms with van der Waals surface area (Å²) in [7, 11) is 0. The van der Waals surface area contributed by atoms with Gasteiger partial charge in [-0.25, -0.2) is 0 Å². The summed E-state index contributed by atoms with van der Waals surface area (Å²) >= 11 is 0. The van der Waals surface area contributed by atoms with Crippen molar-refractivity contribution in [3.8, 4) is 0 Å². The minimum atomic E-state index is 1.00. The third-order valence-corrected chi connectivity index (χ3v) is 0.704. The Hall–Kier alpha value is -0.300. The fourth-order valence-electron chi connectivity index (χ4n) is 0. The summed E-state index contributed by atoms with van der Waals surface area (Å²) in [6.45, 7) is 16.6. The van der Waals surface area contributed by atoms with Gasteiger partial charge in [0.1, 0.15) is 0 Å². The Bertz CT molecular complexity index is 37.5. The van der Waals surface area contributed by atoms with E-state index in [0.717, 1.165) is 13.2 Å². The van der Waals surface area contributed by atoms with Crippen molar-refractivity contribution in [3.63, 3.8) is 0 Å². The van der Waals surface area contributed by atoms with Gasteiger partial charge in [-0.05, 0) is 0 Å². The second-order valence-electron chi connectivity index (χ2n) is 2.32. The van der Waals surface area contributed by atoms with Crippen molar-refractivity contribution in [1.82, 2.24) is 0 Å². The van der Waals surface area contributed by atoms with E-state index >= 15 is 0 Å². The largest absolute Gasteiger partial charge is 0.377 e. The van der Waals surface area contributed by atoms with E-state index in [0.29, 0.717) is 0 Å². The van der Waals surface area contributed by atoms with Crippen LogP contribution in [-0.4, -0.2) is 13.2 Å². The van der Waals surface area contributed by atoms with E-state index in [1.165, 1.54) is 19.3 Å². The monoisotopic (exact) mass is 174 g/mol. The van der Waals surface area contributed by atoms with Gasteiger partial charge >= 0.3 is 0 Å². The summed E-state index contributed by atoms with van der Waals surface area (Å²) < 4.78 is 4.50. The number of hydrogen-bond donors (Lipinski definition) is 0. The average molecular weight is 174 g/mol. The second kappa shape index (κ2) is 31.0. The molecule has 76 valence electrons. The molecule has 0 saturated carbocycles. The van der Waals surface area contributed by atoms with Gasteiger partial charge in [0.05, 0.1) is 13.2 Å². The molecule has 0 bridgehead atoms. The van der Waals surface area contributed by atoms with Crippen LogP contribution in [0.5, 0.6) is 0 Å². The van der Waals surface area contributed by atoms with Gasteiger partial charge in [-0.1, -0.05) is 47.0 Å². The van der Waals surface area contributed by atoms with E-state index in [-0.39, 0.29) is 0 Å². The highest BCUT2D eigenvalue weighted by Crippen LogP contribution is 1.84. The molecule has 1 aliphatic rings. The fraction of sp³-hybridized carbons (Fsp3) is 0.818. The molecule has 1 heterocycles. The van der Waals surface area contributed by atoms with E-state index < -0.39 is 0 Å². The fourth-order valence-corrected chi connectivity index (χ4v) is 0. The third kappa shape index (κ3) is 254. The molecular weight excluding hydrogens is 148 g/mol. The van der Waals surface area contributed by atoms with Crippen LogP contribution in [0.3, 0.4) is 0 Å². The van der Waals surface area contributed by atoms with Crippen molar-refractivity contribution in [2.24, 2.45) is 0 Å². The molecular formula is C11H26O. The first-order valence-electron chi connectivity index (χ1n) is 4.91. The Balaban J connectivity index is -0.0000000927. The van der Waals surface area contributed by atoms with E-state index in [1.807, 2.05) is 0 Å². The maximum Gasteiger partial charge on any atom is 0.0701 e. The predicted octanol–water partition coefficient (Wildman–Crippen LogP) is 4.04. The van der Waals surface area contributed by atoms with E-state index in [9.17, 15) is 0 Å². The van der Waals surface area contributed by atoms with Gasteiger partial charge in [0, 0.05) is 0 Å². The van der Waals surface area contributed by atoms with Crippen LogP contribution in [0, 0.1) is 0 Å². The number of hydrogen-bond acceptors (Lipinski definition) is 1. The third-order valence-electron chi connectivity index (χ3n) is 0.704. The molecule has 0 amide bonds. The Morgan fingerprint density at radius 2 is 1.08 bits per heavy atom. The average Bonchev–Trinajstić information content (AvgIpc) is 2.95. The molecule has 1 aliphatic heterocycles. The van der Waals surface area contributed by atoms with Crippen molar-refractivity contribution >= 4 is 0 Å². The lowest BCUT2D eigenvalue weighted by molar-refractivity contribution is 0.475. The lowest BCUT2D eigenvalue weighted by Crippen LogP contribution is -1.47. The van der Waals surface area contributed by atoms with Crippen LogP contribution in [0.4, 0.5) is 0 Å². The summed E-state index contributed by atoms with van der Waals surface area (Å²) in [5, 5.41) is 0. The minimum absolute atomic E-state index is 1.00. The molecule has 1 saturated heterocycles. The van der Waals surface area contributed by atoms with Gasteiger partial charge in [-0.15, -0.1) is 13.2 Å². The molecule has 0 aromatic heterocycles. The highest BCUT2D eigenvalue weighted by molar-refractivity contribution is 4.36. The van der Waals surface area contributed by atoms with Crippen molar-refractivity contribution in [2.45, 2.75) is 47.0 Å². The maximum absolute atomic E-state index is 4.50. The first kappa shape index (κ1) is 17.7. The highest BCUT2D eigenvalue weighted by atomic mass is 16.6. The van der Waals surface area contributed by atoms with Gasteiger partial charge in [-0.2, -0.15) is 0 Å². The number of unbranched alkanes of at least 4 members (excludes halogenated alkanes) is 1. The summed E-state index contributed by atoms with van der Waals surface area (Å²) in [4.78, 5) is 0. The Kier molecular flexibility index (Phi) is 45.7. The molecule has 1 nitrogen and oxygen atoms in total. The molecule has 1 fully saturated rings. The van der Waals surface area contributed by atoms with Crippen molar-refractivity contribution in [2.75, 3.05) is 13.2 Å². The zero-order valence-corrected chi connectivity index (χ0v) is 9.36. The molecule has 0 atom stereocenters. The van der Waals surface area contributed by atoms with Crippen LogP contribution < -0.4 is 0 Å². The summed E-state index contributed by atoms with van der Waals surface area (Å²) in [6, 6.07) is 0. The van der Waals surface area contributed by atoms with Crippen LogP contribution in [0.15, 0.2) is 13.2 Å². The molecule has 0 spiro atoms. The molecule has 1 heteroatoms. The predicted molar refractivity (Wildman–Crippen MR) is 58.6 cm³/mol. The van der Waals surface area contributed by atoms with Gasteiger partial charge in [0.25, 0.3) is 0 Å². The number of epoxide rings is 1. The molecule has 0 unspecified atom stereocenters. The van der Waals surface area contributed by atoms with Gasteiger partial charge in [0.2, 0.25) is 0 Å². The second-order valence-corrected chi connectivity index (χ2v) is 2.32. The number of ether oxygens (including phenoxy) is 1. The van der Waals surface area contributed by atoms with E-state index in [2.05, 4.69) is 45.6 Å². The van der Waals surface area contributed by atoms with Gasteiger partial charge in [0.15, 0.2) is 0 Å². The Morgan fingerprint density at radius 1 is 0.917 bits per heavy atom. The Labute approximate surface area is 78.8 Å². The van der Waals surface area contributed by atoms with E-state index in [4.69, 9.17) is 0 Å². The molecule has 0 N–H and O–H groups in total. The molecule has 0 aliphatic carbocycles. The summed E-state index contributed by atoms with van der Waals surface area (Å²) in [5.41, 5.74) is 0. The molecule has 0 radical (unpaired) electrons. The summed E-state index contributed by atoms with van der Waals surface area (Å²) in [5.74, 6) is 0. The van der Waals surface area contributed by atoms with Crippen LogP contribution in [0.25, 0.3) is 0 Å². The van der Waals surface area contributed by atoms with Gasteiger partial charge in [-0.3, -0.25) is 0 Å². The quantitative estimate of drug-likeness (QED) is 0.432. The van der Waals surface area contributed by atoms with Gasteiger partial charge < -0.3 is 4.74 Å². The SMILES string of the molecule is C1CO1.C=C.CCC.CCCC. The number of rotatable bonds is 1. The Morgan fingerprint density at radius 3 is 1.08 bits per heavy atom. The highest BCUT2D eigenvalue weighted by Gasteiger charge is 1.94. The lowest BCUT2D eigenvalue weighted by atomic mass is 10.4. The van der Waals surface area contributed by atoms with Crippen LogP contribution in [0.1, 0.15) is 47.0 Å². The molecule has 12 heavy (non-hydrogen) atoms. The van der Waals surface area contributed by atoms with Crippen LogP contribution in [0.2, 0.25) is 0 Å². The topological polar surface area (TPSA) is 12.5 Å². The lowest BCUT2D eigenvalue weighted by Gasteiger charge is -1.68. The zero-order valence-electron chi connectivity index (χ0n) is 9.36. The normalized spacial score (nSPS) is 10.3. The van der Waals surface area contributed by atoms with Crippen LogP contribution >= 0.6 is 0 Å². The molecule has 0 aromatic rings. The first-order valence-corrected chi connectivity index (χ1v) is 4.91. The minimum Gasteiger partial charge on any atom is -0.377 e. The standard InChI is InChI=1S/C4H10.C3H8.C2H4O.C2H4/c1-3-4-2;1-3-2;1-2-3-1;1-2/h3-4H2,1-2H3;3H2,1-2H3;1-2H2;1-2H2. The zero-order chi connectivity index (χ0) is 10.2. The van der Waals surface area contributed by atoms with Crippen molar-refractivity contribution in [3.05, 3.63) is 13.2 Å².